The summed E-state index contributed by atoms with van der Waals surface area (Å²) in [6.45, 7) is 3.11. The molecule has 1 amide bonds. The fraction of sp³-hybridized carbons (Fsp3) is 0.238. The maximum Gasteiger partial charge on any atom is 0.338 e. The summed E-state index contributed by atoms with van der Waals surface area (Å²) in [4.78, 5) is 24.3. The van der Waals surface area contributed by atoms with Crippen LogP contribution in [-0.2, 0) is 9.53 Å². The molecule has 0 fully saturated rings. The van der Waals surface area contributed by atoms with Crippen LogP contribution in [0, 0.1) is 6.92 Å². The molecule has 9 nitrogen and oxygen atoms in total. The lowest BCUT2D eigenvalue weighted by atomic mass is 10.2. The molecule has 0 aliphatic carbocycles. The van der Waals surface area contributed by atoms with Gasteiger partial charge in [-0.25, -0.2) is 4.79 Å². The SMILES string of the molecule is COc1cccc(NC(=O)COc2ccc(C(=O)OC(C)c3nnc(C)o3)cc2)c1. The molecule has 3 rings (SSSR count). The number of hydrogen-bond donors (Lipinski definition) is 1. The molecule has 1 unspecified atom stereocenters. The molecule has 156 valence electrons. The van der Waals surface area contributed by atoms with Crippen molar-refractivity contribution in [3.05, 3.63) is 65.9 Å². The van der Waals surface area contributed by atoms with Crippen molar-refractivity contribution in [2.45, 2.75) is 20.0 Å². The first-order valence-corrected chi connectivity index (χ1v) is 9.12. The normalized spacial score (nSPS) is 11.4. The molecular weight excluding hydrogens is 390 g/mol. The predicted octanol–water partition coefficient (Wildman–Crippen LogP) is 3.32. The highest BCUT2D eigenvalue weighted by Crippen LogP contribution is 2.19. The molecule has 0 radical (unpaired) electrons. The number of ether oxygens (including phenoxy) is 3. The van der Waals surface area contributed by atoms with Gasteiger partial charge in [-0.2, -0.15) is 0 Å². The number of carbonyl (C=O) groups is 2. The van der Waals surface area contributed by atoms with Crippen LogP contribution in [0.15, 0.2) is 52.9 Å². The lowest BCUT2D eigenvalue weighted by Gasteiger charge is -2.10. The highest BCUT2D eigenvalue weighted by Gasteiger charge is 2.18. The maximum absolute atomic E-state index is 12.2. The van der Waals surface area contributed by atoms with Crippen molar-refractivity contribution in [3.8, 4) is 11.5 Å². The van der Waals surface area contributed by atoms with E-state index in [1.54, 1.807) is 69.5 Å². The van der Waals surface area contributed by atoms with Gasteiger partial charge >= 0.3 is 5.97 Å². The number of methoxy groups -OCH3 is 1. The first-order valence-electron chi connectivity index (χ1n) is 9.12. The minimum absolute atomic E-state index is 0.186. The number of rotatable bonds is 8. The molecule has 0 aliphatic heterocycles. The third-order valence-corrected chi connectivity index (χ3v) is 3.99. The van der Waals surface area contributed by atoms with E-state index < -0.39 is 12.1 Å². The molecular formula is C21H21N3O6. The second-order valence-electron chi connectivity index (χ2n) is 6.30. The highest BCUT2D eigenvalue weighted by atomic mass is 16.6. The Labute approximate surface area is 173 Å². The zero-order valence-electron chi connectivity index (χ0n) is 16.7. The van der Waals surface area contributed by atoms with Gasteiger partial charge in [0.1, 0.15) is 11.5 Å². The van der Waals surface area contributed by atoms with Crippen LogP contribution in [0.3, 0.4) is 0 Å². The van der Waals surface area contributed by atoms with Crippen LogP contribution in [0.5, 0.6) is 11.5 Å². The summed E-state index contributed by atoms with van der Waals surface area (Å²) in [5.41, 5.74) is 0.929. The Hall–Kier alpha value is -3.88. The lowest BCUT2D eigenvalue weighted by Crippen LogP contribution is -2.20. The Kier molecular flexibility index (Phi) is 6.63. The Balaban J connectivity index is 1.50. The van der Waals surface area contributed by atoms with E-state index in [2.05, 4.69) is 15.5 Å². The van der Waals surface area contributed by atoms with Crippen LogP contribution in [0.1, 0.15) is 35.2 Å². The molecule has 1 atom stereocenters. The topological polar surface area (TPSA) is 113 Å². The summed E-state index contributed by atoms with van der Waals surface area (Å²) in [6.07, 6.45) is -0.671. The molecule has 2 aromatic carbocycles. The maximum atomic E-state index is 12.2. The molecule has 0 bridgehead atoms. The molecule has 1 heterocycles. The third kappa shape index (κ3) is 5.57. The van der Waals surface area contributed by atoms with Gasteiger partial charge in [0.15, 0.2) is 12.7 Å². The number of nitrogens with one attached hydrogen (secondary N) is 1. The number of esters is 1. The Morgan fingerprint density at radius 2 is 1.87 bits per heavy atom. The lowest BCUT2D eigenvalue weighted by molar-refractivity contribution is -0.118. The van der Waals surface area contributed by atoms with Gasteiger partial charge in [-0.15, -0.1) is 10.2 Å². The number of carbonyl (C=O) groups excluding carboxylic acids is 2. The van der Waals surface area contributed by atoms with Crippen LogP contribution < -0.4 is 14.8 Å². The van der Waals surface area contributed by atoms with Crippen molar-refractivity contribution < 1.29 is 28.2 Å². The van der Waals surface area contributed by atoms with E-state index in [1.165, 1.54) is 0 Å². The highest BCUT2D eigenvalue weighted by molar-refractivity contribution is 5.92. The van der Waals surface area contributed by atoms with Crippen molar-refractivity contribution in [2.24, 2.45) is 0 Å². The van der Waals surface area contributed by atoms with E-state index in [0.29, 0.717) is 28.6 Å². The summed E-state index contributed by atoms with van der Waals surface area (Å²) in [5.74, 6) is 0.830. The van der Waals surface area contributed by atoms with Gasteiger partial charge in [-0.05, 0) is 43.3 Å². The molecule has 0 saturated heterocycles. The van der Waals surface area contributed by atoms with E-state index in [9.17, 15) is 9.59 Å². The molecule has 3 aromatic rings. The van der Waals surface area contributed by atoms with Crippen LogP contribution in [0.2, 0.25) is 0 Å². The number of anilines is 1. The van der Waals surface area contributed by atoms with Crippen LogP contribution in [0.4, 0.5) is 5.69 Å². The van der Waals surface area contributed by atoms with Crippen molar-refractivity contribution in [1.82, 2.24) is 10.2 Å². The summed E-state index contributed by atoms with van der Waals surface area (Å²) >= 11 is 0. The molecule has 0 aliphatic rings. The number of amides is 1. The number of hydrogen-bond acceptors (Lipinski definition) is 8. The van der Waals surface area contributed by atoms with Crippen LogP contribution >= 0.6 is 0 Å². The molecule has 1 N–H and O–H groups in total. The minimum atomic E-state index is -0.671. The Bertz CT molecular complexity index is 1020. The molecule has 0 spiro atoms. The van der Waals surface area contributed by atoms with E-state index >= 15 is 0 Å². The summed E-state index contributed by atoms with van der Waals surface area (Å²) in [5, 5.41) is 10.3. The van der Waals surface area contributed by atoms with Gasteiger partial charge in [-0.1, -0.05) is 6.07 Å². The number of benzene rings is 2. The fourth-order valence-corrected chi connectivity index (χ4v) is 2.49. The summed E-state index contributed by atoms with van der Waals surface area (Å²) in [7, 11) is 1.55. The fourth-order valence-electron chi connectivity index (χ4n) is 2.49. The quantitative estimate of drug-likeness (QED) is 0.562. The van der Waals surface area contributed by atoms with Crippen LogP contribution in [-0.4, -0.2) is 35.8 Å². The molecule has 0 saturated carbocycles. The van der Waals surface area contributed by atoms with Gasteiger partial charge in [0.25, 0.3) is 11.8 Å². The number of nitrogens with zero attached hydrogens (tertiary/aromatic N) is 2. The predicted molar refractivity (Wildman–Crippen MR) is 106 cm³/mol. The second-order valence-corrected chi connectivity index (χ2v) is 6.30. The van der Waals surface area contributed by atoms with Crippen molar-refractivity contribution in [2.75, 3.05) is 19.0 Å². The van der Waals surface area contributed by atoms with E-state index in [4.69, 9.17) is 18.6 Å². The first-order chi connectivity index (χ1) is 14.4. The first kappa shape index (κ1) is 20.8. The van der Waals surface area contributed by atoms with Gasteiger partial charge < -0.3 is 23.9 Å². The monoisotopic (exact) mass is 411 g/mol. The van der Waals surface area contributed by atoms with E-state index in [0.717, 1.165) is 0 Å². The van der Waals surface area contributed by atoms with Crippen molar-refractivity contribution in [1.29, 1.82) is 0 Å². The van der Waals surface area contributed by atoms with Gasteiger partial charge in [0.05, 0.1) is 12.7 Å². The van der Waals surface area contributed by atoms with Crippen LogP contribution in [0.25, 0.3) is 0 Å². The average molecular weight is 411 g/mol. The summed E-state index contributed by atoms with van der Waals surface area (Å²) < 4.78 is 21.1. The zero-order chi connectivity index (χ0) is 21.5. The Morgan fingerprint density at radius 3 is 2.53 bits per heavy atom. The van der Waals surface area contributed by atoms with Gasteiger partial charge in [-0.3, -0.25) is 4.79 Å². The third-order valence-electron chi connectivity index (χ3n) is 3.99. The molecule has 9 heteroatoms. The second kappa shape index (κ2) is 9.55. The Morgan fingerprint density at radius 1 is 1.10 bits per heavy atom. The molecule has 1 aromatic heterocycles. The number of aromatic nitrogens is 2. The standard InChI is InChI=1S/C21H21N3O6/c1-13(20-24-23-14(2)30-20)29-21(26)15-7-9-17(10-8-15)28-12-19(25)22-16-5-4-6-18(11-16)27-3/h4-11,13H,12H2,1-3H3,(H,22,25). The van der Waals surface area contributed by atoms with E-state index in [1.807, 2.05) is 0 Å². The minimum Gasteiger partial charge on any atom is -0.497 e. The van der Waals surface area contributed by atoms with Gasteiger partial charge in [0.2, 0.25) is 5.89 Å². The van der Waals surface area contributed by atoms with Gasteiger partial charge in [0, 0.05) is 18.7 Å². The number of aryl methyl sites for hydroxylation is 1. The average Bonchev–Trinajstić information content (AvgIpc) is 3.19. The molecule has 30 heavy (non-hydrogen) atoms. The smallest absolute Gasteiger partial charge is 0.338 e. The zero-order valence-corrected chi connectivity index (χ0v) is 16.7. The van der Waals surface area contributed by atoms with E-state index in [-0.39, 0.29) is 18.4 Å². The van der Waals surface area contributed by atoms with Crippen molar-refractivity contribution in [3.63, 3.8) is 0 Å². The summed E-state index contributed by atoms with van der Waals surface area (Å²) in [6, 6.07) is 13.3. The van der Waals surface area contributed by atoms with Crippen molar-refractivity contribution >= 4 is 17.6 Å². The largest absolute Gasteiger partial charge is 0.497 e.